The number of carboxylic acids is 1. The lowest BCUT2D eigenvalue weighted by Crippen LogP contribution is -2.30. The van der Waals surface area contributed by atoms with Crippen LogP contribution in [0.15, 0.2) is 63.6 Å². The van der Waals surface area contributed by atoms with Crippen molar-refractivity contribution in [1.29, 1.82) is 0 Å². The second-order valence-corrected chi connectivity index (χ2v) is 8.17. The molecule has 29 heavy (non-hydrogen) atoms. The van der Waals surface area contributed by atoms with E-state index >= 15 is 0 Å². The molecule has 146 valence electrons. The monoisotopic (exact) mass is 424 g/mol. The zero-order valence-corrected chi connectivity index (χ0v) is 16.8. The predicted octanol–water partition coefficient (Wildman–Crippen LogP) is 4.52. The number of amides is 1. The van der Waals surface area contributed by atoms with E-state index < -0.39 is 5.97 Å². The molecule has 2 aliphatic rings. The van der Waals surface area contributed by atoms with Crippen LogP contribution in [0.4, 0.5) is 0 Å². The van der Waals surface area contributed by atoms with E-state index in [0.717, 1.165) is 12.8 Å². The summed E-state index contributed by atoms with van der Waals surface area (Å²) >= 11 is 6.65. The van der Waals surface area contributed by atoms with Crippen LogP contribution in [0, 0.1) is 0 Å². The normalized spacial score (nSPS) is 17.9. The number of hydrogen-bond acceptors (Lipinski definition) is 6. The number of aromatic carboxylic acids is 1. The first-order chi connectivity index (χ1) is 14.0. The Kier molecular flexibility index (Phi) is 5.46. The quantitative estimate of drug-likeness (QED) is 0.558. The van der Waals surface area contributed by atoms with E-state index in [0.29, 0.717) is 32.9 Å². The summed E-state index contributed by atoms with van der Waals surface area (Å²) in [6.07, 6.45) is 11.2. The maximum atomic E-state index is 12.8. The van der Waals surface area contributed by atoms with Crippen molar-refractivity contribution in [3.8, 4) is 11.3 Å². The Labute approximate surface area is 176 Å². The molecule has 1 aliphatic carbocycles. The molecular formula is C21H16N2O4S2. The molecule has 1 saturated heterocycles. The lowest BCUT2D eigenvalue weighted by molar-refractivity contribution is -0.121. The van der Waals surface area contributed by atoms with Gasteiger partial charge in [0.2, 0.25) is 0 Å². The highest BCUT2D eigenvalue weighted by molar-refractivity contribution is 8.26. The molecule has 0 saturated carbocycles. The van der Waals surface area contributed by atoms with Crippen LogP contribution in [0.25, 0.3) is 17.4 Å². The second-order valence-electron chi connectivity index (χ2n) is 6.50. The fourth-order valence-corrected chi connectivity index (χ4v) is 4.24. The van der Waals surface area contributed by atoms with Gasteiger partial charge < -0.3 is 9.52 Å². The zero-order chi connectivity index (χ0) is 20.4. The van der Waals surface area contributed by atoms with Crippen LogP contribution in [0.5, 0.6) is 0 Å². The summed E-state index contributed by atoms with van der Waals surface area (Å²) in [5, 5.41) is 8.93. The van der Waals surface area contributed by atoms with Crippen LogP contribution < -0.4 is 0 Å². The summed E-state index contributed by atoms with van der Waals surface area (Å²) in [4.78, 5) is 29.7. The molecule has 4 rings (SSSR count). The highest BCUT2D eigenvalue weighted by Gasteiger charge is 2.32. The molecule has 2 aromatic heterocycles. The number of hydrogen-bond donors (Lipinski definition) is 1. The van der Waals surface area contributed by atoms with Gasteiger partial charge in [-0.2, -0.15) is 0 Å². The maximum Gasteiger partial charge on any atom is 0.354 e. The van der Waals surface area contributed by atoms with Crippen LogP contribution in [-0.4, -0.2) is 37.7 Å². The van der Waals surface area contributed by atoms with Gasteiger partial charge in [0, 0.05) is 24.4 Å². The fraction of sp³-hybridized carbons (Fsp3) is 0.143. The van der Waals surface area contributed by atoms with Gasteiger partial charge in [-0.1, -0.05) is 47.8 Å². The highest BCUT2D eigenvalue weighted by Crippen LogP contribution is 2.34. The average molecular weight is 425 g/mol. The van der Waals surface area contributed by atoms with E-state index in [9.17, 15) is 9.59 Å². The number of furan rings is 1. The standard InChI is InChI=1S/C21H16N2O4S2/c24-19-18(29-21(28)23(19)12-13-4-2-1-3-5-13)10-15-7-9-17(27-15)14-6-8-16(20(25)26)22-11-14/h1-2,4,6-11H,3,5,12H2,(H,25,26)/b18-10-. The summed E-state index contributed by atoms with van der Waals surface area (Å²) in [7, 11) is 0. The first-order valence-corrected chi connectivity index (χ1v) is 10.1. The summed E-state index contributed by atoms with van der Waals surface area (Å²) in [6, 6.07) is 6.55. The molecule has 0 radical (unpaired) electrons. The molecule has 6 nitrogen and oxygen atoms in total. The number of carbonyl (C=O) groups excluding carboxylic acids is 1. The third-order valence-electron chi connectivity index (χ3n) is 4.50. The number of rotatable bonds is 5. The second kappa shape index (κ2) is 8.18. The molecule has 1 N–H and O–H groups in total. The van der Waals surface area contributed by atoms with Crippen LogP contribution >= 0.6 is 24.0 Å². The predicted molar refractivity (Wildman–Crippen MR) is 115 cm³/mol. The number of thiocarbonyl (C=S) groups is 1. The Morgan fingerprint density at radius 1 is 1.34 bits per heavy atom. The molecule has 0 atom stereocenters. The number of aromatic nitrogens is 1. The summed E-state index contributed by atoms with van der Waals surface area (Å²) < 4.78 is 6.33. The third-order valence-corrected chi connectivity index (χ3v) is 5.88. The zero-order valence-electron chi connectivity index (χ0n) is 15.2. The number of carbonyl (C=O) groups is 2. The topological polar surface area (TPSA) is 83.6 Å². The van der Waals surface area contributed by atoms with E-state index in [1.54, 1.807) is 29.2 Å². The number of nitrogens with zero attached hydrogens (tertiary/aromatic N) is 2. The smallest absolute Gasteiger partial charge is 0.354 e. The van der Waals surface area contributed by atoms with Gasteiger partial charge in [-0.3, -0.25) is 9.69 Å². The van der Waals surface area contributed by atoms with Crippen molar-refractivity contribution in [1.82, 2.24) is 9.88 Å². The van der Waals surface area contributed by atoms with Crippen molar-refractivity contribution in [2.24, 2.45) is 0 Å². The van der Waals surface area contributed by atoms with E-state index in [1.165, 1.54) is 29.6 Å². The number of allylic oxidation sites excluding steroid dienone is 3. The highest BCUT2D eigenvalue weighted by atomic mass is 32.2. The minimum atomic E-state index is -1.08. The van der Waals surface area contributed by atoms with Crippen molar-refractivity contribution in [3.63, 3.8) is 0 Å². The van der Waals surface area contributed by atoms with E-state index in [2.05, 4.69) is 11.1 Å². The first kappa shape index (κ1) is 19.4. The Morgan fingerprint density at radius 2 is 2.21 bits per heavy atom. The van der Waals surface area contributed by atoms with Crippen molar-refractivity contribution >= 4 is 46.3 Å². The Morgan fingerprint density at radius 3 is 2.90 bits per heavy atom. The van der Waals surface area contributed by atoms with Crippen LogP contribution in [0.1, 0.15) is 29.1 Å². The maximum absolute atomic E-state index is 12.8. The Balaban J connectivity index is 1.50. The van der Waals surface area contributed by atoms with Crippen molar-refractivity contribution in [2.45, 2.75) is 12.8 Å². The SMILES string of the molecule is O=C(O)c1ccc(-c2ccc(/C=C3\SC(=S)N(CC4=CC=CCC4)C3=O)o2)cn1. The molecule has 1 amide bonds. The van der Waals surface area contributed by atoms with Crippen LogP contribution in [0.2, 0.25) is 0 Å². The Hall–Kier alpha value is -2.97. The van der Waals surface area contributed by atoms with E-state index in [4.69, 9.17) is 21.7 Å². The van der Waals surface area contributed by atoms with Gasteiger partial charge in [0.15, 0.2) is 0 Å². The van der Waals surface area contributed by atoms with E-state index in [1.807, 2.05) is 12.2 Å². The lowest BCUT2D eigenvalue weighted by atomic mass is 10.0. The van der Waals surface area contributed by atoms with Gasteiger partial charge >= 0.3 is 5.97 Å². The summed E-state index contributed by atoms with van der Waals surface area (Å²) in [5.41, 5.74) is 1.80. The Bertz CT molecular complexity index is 1080. The molecule has 0 bridgehead atoms. The number of thioether (sulfide) groups is 1. The van der Waals surface area contributed by atoms with E-state index in [-0.39, 0.29) is 11.6 Å². The molecule has 0 aromatic carbocycles. The minimum Gasteiger partial charge on any atom is -0.477 e. The van der Waals surface area contributed by atoms with Gasteiger partial charge in [0.05, 0.1) is 4.91 Å². The molecule has 0 spiro atoms. The molecule has 1 fully saturated rings. The van der Waals surface area contributed by atoms with Crippen LogP contribution in [0.3, 0.4) is 0 Å². The first-order valence-electron chi connectivity index (χ1n) is 8.91. The van der Waals surface area contributed by atoms with Crippen molar-refractivity contribution in [3.05, 3.63) is 70.6 Å². The lowest BCUT2D eigenvalue weighted by Gasteiger charge is -2.17. The molecule has 8 heteroatoms. The summed E-state index contributed by atoms with van der Waals surface area (Å²) in [6.45, 7) is 0.511. The van der Waals surface area contributed by atoms with Gasteiger partial charge in [0.25, 0.3) is 5.91 Å². The largest absolute Gasteiger partial charge is 0.477 e. The van der Waals surface area contributed by atoms with Crippen molar-refractivity contribution < 1.29 is 19.1 Å². The van der Waals surface area contributed by atoms with Gasteiger partial charge in [-0.15, -0.1) is 0 Å². The minimum absolute atomic E-state index is 0.0345. The summed E-state index contributed by atoms with van der Waals surface area (Å²) in [5.74, 6) is -0.155. The van der Waals surface area contributed by atoms with Gasteiger partial charge in [0.1, 0.15) is 21.5 Å². The molecule has 1 aliphatic heterocycles. The van der Waals surface area contributed by atoms with Gasteiger partial charge in [-0.25, -0.2) is 9.78 Å². The average Bonchev–Trinajstić information content (AvgIpc) is 3.29. The van der Waals surface area contributed by atoms with Crippen LogP contribution in [-0.2, 0) is 4.79 Å². The number of pyridine rings is 1. The molecule has 0 unspecified atom stereocenters. The third kappa shape index (κ3) is 4.23. The molecule has 2 aromatic rings. The number of carboxylic acid groups (broad SMARTS) is 1. The molecule has 3 heterocycles. The van der Waals surface area contributed by atoms with Crippen molar-refractivity contribution in [2.75, 3.05) is 6.54 Å². The molecular weight excluding hydrogens is 408 g/mol. The fourth-order valence-electron chi connectivity index (χ4n) is 3.00. The van der Waals surface area contributed by atoms with Gasteiger partial charge in [-0.05, 0) is 37.1 Å².